The van der Waals surface area contributed by atoms with Gasteiger partial charge in [-0.05, 0) is 42.9 Å². The van der Waals surface area contributed by atoms with Crippen LogP contribution >= 0.6 is 11.3 Å². The second-order valence-electron chi connectivity index (χ2n) is 9.17. The minimum absolute atomic E-state index is 0.296. The minimum atomic E-state index is 0.296. The van der Waals surface area contributed by atoms with E-state index in [0.29, 0.717) is 18.4 Å². The number of carbonyl (C=O) groups is 1. The zero-order chi connectivity index (χ0) is 22.5. The molecule has 5 rings (SSSR count). The molecule has 7 heteroatoms. The average molecular weight is 465 g/mol. The summed E-state index contributed by atoms with van der Waals surface area (Å²) in [5, 5.41) is 3.18. The number of hydrogen-bond donors (Lipinski definition) is 0. The van der Waals surface area contributed by atoms with Crippen molar-refractivity contribution in [2.24, 2.45) is 5.92 Å². The van der Waals surface area contributed by atoms with Crippen molar-refractivity contribution in [1.29, 1.82) is 0 Å². The predicted octanol–water partition coefficient (Wildman–Crippen LogP) is 4.00. The number of carbonyl (C=O) groups excluding carboxylic acids is 1. The van der Waals surface area contributed by atoms with Crippen molar-refractivity contribution in [3.05, 3.63) is 64.7 Å². The Morgan fingerprint density at radius 1 is 0.970 bits per heavy atom. The van der Waals surface area contributed by atoms with Crippen LogP contribution in [-0.2, 0) is 17.8 Å². The molecule has 0 aliphatic carbocycles. The van der Waals surface area contributed by atoms with Crippen molar-refractivity contribution in [2.45, 2.75) is 25.8 Å². The molecule has 6 nitrogen and oxygen atoms in total. The summed E-state index contributed by atoms with van der Waals surface area (Å²) in [5.74, 6) is 1.81. The van der Waals surface area contributed by atoms with Gasteiger partial charge in [-0.1, -0.05) is 30.3 Å². The number of aromatic nitrogens is 1. The molecule has 0 N–H and O–H groups in total. The van der Waals surface area contributed by atoms with Gasteiger partial charge in [0.1, 0.15) is 10.7 Å². The first-order valence-electron chi connectivity index (χ1n) is 12.0. The number of benzene rings is 1. The van der Waals surface area contributed by atoms with Gasteiger partial charge in [-0.15, -0.1) is 11.3 Å². The fourth-order valence-corrected chi connectivity index (χ4v) is 5.67. The fourth-order valence-electron chi connectivity index (χ4n) is 4.84. The Morgan fingerprint density at radius 2 is 1.73 bits per heavy atom. The monoisotopic (exact) mass is 464 g/mol. The van der Waals surface area contributed by atoms with E-state index in [1.54, 1.807) is 17.6 Å². The van der Waals surface area contributed by atoms with Gasteiger partial charge in [0.15, 0.2) is 5.76 Å². The summed E-state index contributed by atoms with van der Waals surface area (Å²) in [6.45, 7) is 7.04. The molecule has 174 valence electrons. The van der Waals surface area contributed by atoms with Crippen LogP contribution in [0.1, 0.15) is 23.4 Å². The molecular formula is C26H32N4O2S. The summed E-state index contributed by atoms with van der Waals surface area (Å²) >= 11 is 1.68. The van der Waals surface area contributed by atoms with E-state index in [1.165, 1.54) is 5.56 Å². The van der Waals surface area contributed by atoms with Crippen molar-refractivity contribution in [2.75, 3.05) is 45.8 Å². The molecule has 3 aromatic rings. The van der Waals surface area contributed by atoms with E-state index in [0.717, 1.165) is 81.5 Å². The van der Waals surface area contributed by atoms with E-state index in [2.05, 4.69) is 50.4 Å². The van der Waals surface area contributed by atoms with Crippen LogP contribution in [-0.4, -0.2) is 71.4 Å². The summed E-state index contributed by atoms with van der Waals surface area (Å²) in [4.78, 5) is 24.4. The Hall–Kier alpha value is -2.48. The van der Waals surface area contributed by atoms with Gasteiger partial charge >= 0.3 is 0 Å². The van der Waals surface area contributed by atoms with E-state index in [-0.39, 0.29) is 0 Å². The lowest BCUT2D eigenvalue weighted by atomic mass is 9.90. The molecule has 1 aromatic carbocycles. The third-order valence-electron chi connectivity index (χ3n) is 6.84. The van der Waals surface area contributed by atoms with E-state index in [9.17, 15) is 4.79 Å². The zero-order valence-corrected chi connectivity index (χ0v) is 19.9. The second kappa shape index (κ2) is 10.6. The third kappa shape index (κ3) is 5.91. The smallest absolute Gasteiger partial charge is 0.236 e. The quantitative estimate of drug-likeness (QED) is 0.529. The molecule has 0 bridgehead atoms. The topological polar surface area (TPSA) is 52.8 Å². The molecule has 2 aliphatic rings. The number of thiazole rings is 1. The number of likely N-dealkylation sites (tertiary alicyclic amines) is 1. The first-order chi connectivity index (χ1) is 16.2. The number of rotatable bonds is 7. The van der Waals surface area contributed by atoms with Gasteiger partial charge in [-0.2, -0.15) is 0 Å². The standard InChI is InChI=1S/C26H32N4O2S/c31-26(30-10-8-22(9-11-30)17-21-5-2-1-3-6-21)19-29-14-12-28(13-15-29)18-25-27-23(20-33-25)24-7-4-16-32-24/h1-7,16,20,22H,8-15,17-19H2. The number of amides is 1. The molecule has 0 radical (unpaired) electrons. The van der Waals surface area contributed by atoms with Crippen LogP contribution in [0.2, 0.25) is 0 Å². The van der Waals surface area contributed by atoms with Gasteiger partial charge in [0.2, 0.25) is 5.91 Å². The molecule has 33 heavy (non-hydrogen) atoms. The van der Waals surface area contributed by atoms with Gasteiger partial charge < -0.3 is 9.32 Å². The average Bonchev–Trinajstić information content (AvgIpc) is 3.54. The Balaban J connectivity index is 1.02. The molecule has 2 saturated heterocycles. The summed E-state index contributed by atoms with van der Waals surface area (Å²) in [5.41, 5.74) is 2.33. The maximum absolute atomic E-state index is 12.9. The largest absolute Gasteiger partial charge is 0.463 e. The number of furan rings is 1. The summed E-state index contributed by atoms with van der Waals surface area (Å²) in [6, 6.07) is 14.6. The van der Waals surface area contributed by atoms with Crippen molar-refractivity contribution in [1.82, 2.24) is 19.7 Å². The molecule has 0 unspecified atom stereocenters. The van der Waals surface area contributed by atoms with E-state index in [1.807, 2.05) is 12.1 Å². The molecule has 0 saturated carbocycles. The maximum atomic E-state index is 12.9. The van der Waals surface area contributed by atoms with E-state index < -0.39 is 0 Å². The van der Waals surface area contributed by atoms with Crippen LogP contribution < -0.4 is 0 Å². The van der Waals surface area contributed by atoms with Crippen molar-refractivity contribution < 1.29 is 9.21 Å². The summed E-state index contributed by atoms with van der Waals surface area (Å²) < 4.78 is 5.44. The third-order valence-corrected chi connectivity index (χ3v) is 7.68. The Bertz CT molecular complexity index is 1000. The van der Waals surface area contributed by atoms with Gasteiger partial charge in [0, 0.05) is 44.6 Å². The molecule has 2 fully saturated rings. The first-order valence-corrected chi connectivity index (χ1v) is 12.9. The lowest BCUT2D eigenvalue weighted by Gasteiger charge is -2.37. The SMILES string of the molecule is O=C(CN1CCN(Cc2nc(-c3ccco3)cs2)CC1)N1CCC(Cc2ccccc2)CC1. The molecule has 1 amide bonds. The van der Waals surface area contributed by atoms with Crippen molar-refractivity contribution in [3.8, 4) is 11.5 Å². The number of hydrogen-bond acceptors (Lipinski definition) is 6. The Kier molecular flexibility index (Phi) is 7.19. The molecule has 2 aliphatic heterocycles. The van der Waals surface area contributed by atoms with E-state index in [4.69, 9.17) is 9.40 Å². The highest BCUT2D eigenvalue weighted by molar-refractivity contribution is 7.09. The van der Waals surface area contributed by atoms with Gasteiger partial charge in [-0.3, -0.25) is 14.6 Å². The number of nitrogens with zero attached hydrogens (tertiary/aromatic N) is 4. The molecule has 0 atom stereocenters. The molecule has 2 aromatic heterocycles. The first kappa shape index (κ1) is 22.3. The highest BCUT2D eigenvalue weighted by Crippen LogP contribution is 2.24. The lowest BCUT2D eigenvalue weighted by Crippen LogP contribution is -2.50. The molecular weight excluding hydrogens is 432 g/mol. The van der Waals surface area contributed by atoms with Gasteiger partial charge in [0.05, 0.1) is 19.4 Å². The number of piperazine rings is 1. The van der Waals surface area contributed by atoms with Crippen LogP contribution in [0.5, 0.6) is 0 Å². The van der Waals surface area contributed by atoms with Crippen LogP contribution in [0.25, 0.3) is 11.5 Å². The Labute approximate surface area is 199 Å². The maximum Gasteiger partial charge on any atom is 0.236 e. The fraction of sp³-hybridized carbons (Fsp3) is 0.462. The van der Waals surface area contributed by atoms with Gasteiger partial charge in [0.25, 0.3) is 0 Å². The summed E-state index contributed by atoms with van der Waals surface area (Å²) in [7, 11) is 0. The van der Waals surface area contributed by atoms with Crippen LogP contribution in [0.4, 0.5) is 0 Å². The highest BCUT2D eigenvalue weighted by atomic mass is 32.1. The highest BCUT2D eigenvalue weighted by Gasteiger charge is 2.26. The van der Waals surface area contributed by atoms with Crippen LogP contribution in [0, 0.1) is 5.92 Å². The lowest BCUT2D eigenvalue weighted by molar-refractivity contribution is -0.134. The predicted molar refractivity (Wildman–Crippen MR) is 131 cm³/mol. The summed E-state index contributed by atoms with van der Waals surface area (Å²) in [6.07, 6.45) is 5.04. The van der Waals surface area contributed by atoms with Crippen LogP contribution in [0.15, 0.2) is 58.5 Å². The van der Waals surface area contributed by atoms with E-state index >= 15 is 0 Å². The van der Waals surface area contributed by atoms with Crippen molar-refractivity contribution in [3.63, 3.8) is 0 Å². The molecule has 0 spiro atoms. The van der Waals surface area contributed by atoms with Gasteiger partial charge in [-0.25, -0.2) is 4.98 Å². The second-order valence-corrected chi connectivity index (χ2v) is 10.1. The number of piperidine rings is 1. The molecule has 4 heterocycles. The van der Waals surface area contributed by atoms with Crippen LogP contribution in [0.3, 0.4) is 0 Å². The zero-order valence-electron chi connectivity index (χ0n) is 19.1. The van der Waals surface area contributed by atoms with Crippen molar-refractivity contribution >= 4 is 17.2 Å². The minimum Gasteiger partial charge on any atom is -0.463 e. The Morgan fingerprint density at radius 3 is 2.45 bits per heavy atom. The normalized spacial score (nSPS) is 18.6.